The van der Waals surface area contributed by atoms with E-state index in [0.29, 0.717) is 22.8 Å². The third kappa shape index (κ3) is 3.11. The normalized spacial score (nSPS) is 14.1. The van der Waals surface area contributed by atoms with Gasteiger partial charge in [0.15, 0.2) is 0 Å². The molecule has 0 radical (unpaired) electrons. The number of hydrogen-bond acceptors (Lipinski definition) is 3. The number of carbonyl (C=O) groups is 1. The maximum atomic E-state index is 11.0. The summed E-state index contributed by atoms with van der Waals surface area (Å²) in [6.45, 7) is 1.80. The van der Waals surface area contributed by atoms with Gasteiger partial charge in [-0.05, 0) is 24.1 Å². The molecule has 0 saturated carbocycles. The molecule has 17 heavy (non-hydrogen) atoms. The number of carboxylic acids is 1. The van der Waals surface area contributed by atoms with Gasteiger partial charge in [0.05, 0.1) is 18.1 Å². The van der Waals surface area contributed by atoms with Crippen molar-refractivity contribution in [3.8, 4) is 5.75 Å². The van der Waals surface area contributed by atoms with E-state index in [0.717, 1.165) is 0 Å². The van der Waals surface area contributed by atoms with Gasteiger partial charge in [-0.25, -0.2) is 0 Å². The fourth-order valence-corrected chi connectivity index (χ4v) is 1.97. The summed E-state index contributed by atoms with van der Waals surface area (Å²) >= 11 is 5.97. The Balaban J connectivity index is 2.99. The summed E-state index contributed by atoms with van der Waals surface area (Å²) in [5.41, 5.74) is 6.63. The van der Waals surface area contributed by atoms with E-state index in [1.165, 1.54) is 7.11 Å². The Kier molecular flexibility index (Phi) is 4.78. The number of methoxy groups -OCH3 is 1. The first kappa shape index (κ1) is 13.8. The third-order valence-corrected chi connectivity index (χ3v) is 3.05. The molecule has 2 unspecified atom stereocenters. The molecule has 3 N–H and O–H groups in total. The Morgan fingerprint density at radius 3 is 2.65 bits per heavy atom. The van der Waals surface area contributed by atoms with E-state index in [1.807, 2.05) is 0 Å². The van der Waals surface area contributed by atoms with Crippen molar-refractivity contribution in [2.75, 3.05) is 7.11 Å². The monoisotopic (exact) mass is 257 g/mol. The minimum absolute atomic E-state index is 0.431. The molecule has 0 aliphatic heterocycles. The first-order valence-electron chi connectivity index (χ1n) is 5.33. The van der Waals surface area contributed by atoms with E-state index in [2.05, 4.69) is 0 Å². The lowest BCUT2D eigenvalue weighted by Crippen LogP contribution is -2.27. The number of rotatable bonds is 5. The van der Waals surface area contributed by atoms with Crippen molar-refractivity contribution in [3.05, 3.63) is 28.8 Å². The van der Waals surface area contributed by atoms with E-state index in [4.69, 9.17) is 27.2 Å². The van der Waals surface area contributed by atoms with Crippen LogP contribution in [0.25, 0.3) is 0 Å². The molecule has 4 nitrogen and oxygen atoms in total. The first-order chi connectivity index (χ1) is 8.01. The van der Waals surface area contributed by atoms with Crippen molar-refractivity contribution in [1.82, 2.24) is 0 Å². The molecule has 0 aliphatic carbocycles. The van der Waals surface area contributed by atoms with Crippen LogP contribution in [0.1, 0.15) is 24.9 Å². The molecule has 0 fully saturated rings. The van der Waals surface area contributed by atoms with E-state index in [-0.39, 0.29) is 0 Å². The molecule has 0 bridgehead atoms. The Morgan fingerprint density at radius 2 is 2.24 bits per heavy atom. The lowest BCUT2D eigenvalue weighted by molar-refractivity contribution is -0.142. The van der Waals surface area contributed by atoms with Crippen LogP contribution in [0.5, 0.6) is 5.75 Å². The van der Waals surface area contributed by atoms with Crippen LogP contribution in [0.15, 0.2) is 18.2 Å². The van der Waals surface area contributed by atoms with E-state index >= 15 is 0 Å². The summed E-state index contributed by atoms with van der Waals surface area (Å²) in [4.78, 5) is 11.0. The zero-order valence-corrected chi connectivity index (χ0v) is 10.6. The summed E-state index contributed by atoms with van der Waals surface area (Å²) in [6, 6.07) is 4.50. The average Bonchev–Trinajstić information content (AvgIpc) is 2.29. The summed E-state index contributed by atoms with van der Waals surface area (Å²) in [7, 11) is 1.52. The summed E-state index contributed by atoms with van der Waals surface area (Å²) < 4.78 is 5.02. The molecule has 2 atom stereocenters. The van der Waals surface area contributed by atoms with Gasteiger partial charge >= 0.3 is 5.97 Å². The topological polar surface area (TPSA) is 72.5 Å². The summed E-state index contributed by atoms with van der Waals surface area (Å²) in [5, 5.41) is 9.47. The Hall–Kier alpha value is -1.26. The average molecular weight is 258 g/mol. The van der Waals surface area contributed by atoms with Gasteiger partial charge in [-0.15, -0.1) is 0 Å². The number of halogens is 1. The molecule has 0 saturated heterocycles. The highest BCUT2D eigenvalue weighted by atomic mass is 35.5. The predicted octanol–water partition coefficient (Wildman–Crippen LogP) is 2.46. The van der Waals surface area contributed by atoms with Crippen molar-refractivity contribution >= 4 is 17.6 Å². The molecular weight excluding hydrogens is 242 g/mol. The maximum Gasteiger partial charge on any atom is 0.308 e. The zero-order valence-electron chi connectivity index (χ0n) is 9.81. The molecule has 0 heterocycles. The molecule has 1 rings (SSSR count). The van der Waals surface area contributed by atoms with Gasteiger partial charge in [0.2, 0.25) is 0 Å². The number of aliphatic carboxylic acids is 1. The van der Waals surface area contributed by atoms with Gasteiger partial charge in [0.25, 0.3) is 0 Å². The molecule has 0 spiro atoms. The predicted molar refractivity (Wildman–Crippen MR) is 66.3 cm³/mol. The minimum Gasteiger partial charge on any atom is -0.495 e. The molecular formula is C12H16ClNO3. The van der Waals surface area contributed by atoms with Crippen LogP contribution in [0.3, 0.4) is 0 Å². The highest BCUT2D eigenvalue weighted by molar-refractivity contribution is 6.32. The molecule has 1 aromatic carbocycles. The van der Waals surface area contributed by atoms with Crippen LogP contribution in [-0.4, -0.2) is 18.2 Å². The standard InChI is InChI=1S/C12H16ClNO3/c1-3-8(12(15)16)11(14)7-4-5-10(17-2)9(13)6-7/h4-6,8,11H,3,14H2,1-2H3,(H,15,16). The quantitative estimate of drug-likeness (QED) is 0.850. The number of carboxylic acid groups (broad SMARTS) is 1. The third-order valence-electron chi connectivity index (χ3n) is 2.75. The van der Waals surface area contributed by atoms with Crippen LogP contribution >= 0.6 is 11.6 Å². The van der Waals surface area contributed by atoms with Crippen molar-refractivity contribution < 1.29 is 14.6 Å². The van der Waals surface area contributed by atoms with Crippen LogP contribution in [-0.2, 0) is 4.79 Å². The van der Waals surface area contributed by atoms with Crippen LogP contribution in [0.2, 0.25) is 5.02 Å². The fraction of sp³-hybridized carbons (Fsp3) is 0.417. The van der Waals surface area contributed by atoms with Gasteiger partial charge in [0.1, 0.15) is 5.75 Å². The SMILES string of the molecule is CCC(C(=O)O)C(N)c1ccc(OC)c(Cl)c1. The van der Waals surface area contributed by atoms with Gasteiger partial charge in [-0.1, -0.05) is 24.6 Å². The Morgan fingerprint density at radius 1 is 1.59 bits per heavy atom. The van der Waals surface area contributed by atoms with Gasteiger partial charge in [-0.2, -0.15) is 0 Å². The van der Waals surface area contributed by atoms with E-state index < -0.39 is 17.9 Å². The van der Waals surface area contributed by atoms with Crippen molar-refractivity contribution in [2.24, 2.45) is 11.7 Å². The molecule has 5 heteroatoms. The number of ether oxygens (including phenoxy) is 1. The van der Waals surface area contributed by atoms with Gasteiger partial charge < -0.3 is 15.6 Å². The zero-order chi connectivity index (χ0) is 13.0. The molecule has 0 amide bonds. The lowest BCUT2D eigenvalue weighted by atomic mass is 9.92. The minimum atomic E-state index is -0.896. The highest BCUT2D eigenvalue weighted by Crippen LogP contribution is 2.30. The number of hydrogen-bond donors (Lipinski definition) is 2. The highest BCUT2D eigenvalue weighted by Gasteiger charge is 2.25. The lowest BCUT2D eigenvalue weighted by Gasteiger charge is -2.19. The summed E-state index contributed by atoms with van der Waals surface area (Å²) in [6.07, 6.45) is 0.472. The molecule has 94 valence electrons. The second kappa shape index (κ2) is 5.89. The van der Waals surface area contributed by atoms with Gasteiger partial charge in [0, 0.05) is 6.04 Å². The van der Waals surface area contributed by atoms with Crippen LogP contribution < -0.4 is 10.5 Å². The van der Waals surface area contributed by atoms with Crippen molar-refractivity contribution in [1.29, 1.82) is 0 Å². The Bertz CT molecular complexity index is 409. The fourth-order valence-electron chi connectivity index (χ4n) is 1.70. The largest absolute Gasteiger partial charge is 0.495 e. The smallest absolute Gasteiger partial charge is 0.308 e. The van der Waals surface area contributed by atoms with Gasteiger partial charge in [-0.3, -0.25) is 4.79 Å². The van der Waals surface area contributed by atoms with E-state index in [1.54, 1.807) is 25.1 Å². The molecule has 1 aromatic rings. The maximum absolute atomic E-state index is 11.0. The van der Waals surface area contributed by atoms with Crippen LogP contribution in [0.4, 0.5) is 0 Å². The first-order valence-corrected chi connectivity index (χ1v) is 5.70. The molecule has 0 aliphatic rings. The Labute approximate surface area is 105 Å². The van der Waals surface area contributed by atoms with Crippen molar-refractivity contribution in [2.45, 2.75) is 19.4 Å². The number of nitrogens with two attached hydrogens (primary N) is 1. The molecule has 0 aromatic heterocycles. The second-order valence-electron chi connectivity index (χ2n) is 3.77. The second-order valence-corrected chi connectivity index (χ2v) is 4.18. The van der Waals surface area contributed by atoms with Crippen molar-refractivity contribution in [3.63, 3.8) is 0 Å². The van der Waals surface area contributed by atoms with Crippen LogP contribution in [0, 0.1) is 5.92 Å². The summed E-state index contributed by atoms with van der Waals surface area (Å²) in [5.74, 6) is -0.961. The van der Waals surface area contributed by atoms with E-state index in [9.17, 15) is 4.79 Å². The number of benzene rings is 1.